The first kappa shape index (κ1) is 19.8. The number of carbonyl (C=O) groups excluding carboxylic acids is 1. The molecular weight excluding hydrogens is 376 g/mol. The number of fused-ring (bicyclic) bond motifs is 1. The van der Waals surface area contributed by atoms with E-state index < -0.39 is 0 Å². The van der Waals surface area contributed by atoms with Gasteiger partial charge in [0, 0.05) is 29.8 Å². The van der Waals surface area contributed by atoms with Gasteiger partial charge in [-0.15, -0.1) is 0 Å². The summed E-state index contributed by atoms with van der Waals surface area (Å²) in [5.74, 6) is 2.18. The first-order chi connectivity index (χ1) is 14.4. The van der Waals surface area contributed by atoms with Crippen LogP contribution in [0.25, 0.3) is 22.2 Å². The summed E-state index contributed by atoms with van der Waals surface area (Å²) in [5, 5.41) is 0.934. The fourth-order valence-electron chi connectivity index (χ4n) is 3.31. The Morgan fingerprint density at radius 3 is 2.50 bits per heavy atom. The van der Waals surface area contributed by atoms with Crippen LogP contribution in [0.1, 0.15) is 35.9 Å². The second-order valence-corrected chi connectivity index (χ2v) is 7.60. The predicted molar refractivity (Wildman–Crippen MR) is 117 cm³/mol. The first-order valence-corrected chi connectivity index (χ1v) is 9.95. The average Bonchev–Trinajstić information content (AvgIpc) is 3.06. The van der Waals surface area contributed by atoms with Gasteiger partial charge in [-0.05, 0) is 51.1 Å². The van der Waals surface area contributed by atoms with E-state index in [2.05, 4.69) is 15.0 Å². The van der Waals surface area contributed by atoms with Gasteiger partial charge in [-0.3, -0.25) is 4.79 Å². The molecule has 0 radical (unpaired) electrons. The van der Waals surface area contributed by atoms with Gasteiger partial charge in [0.15, 0.2) is 5.78 Å². The molecule has 4 aromatic rings. The molecule has 0 unspecified atom stereocenters. The maximum absolute atomic E-state index is 12.7. The van der Waals surface area contributed by atoms with E-state index in [9.17, 15) is 4.79 Å². The zero-order valence-corrected chi connectivity index (χ0v) is 17.6. The highest BCUT2D eigenvalue weighted by molar-refractivity contribution is 5.97. The molecule has 152 valence electrons. The highest BCUT2D eigenvalue weighted by atomic mass is 16.5. The van der Waals surface area contributed by atoms with Crippen LogP contribution < -0.4 is 4.74 Å². The van der Waals surface area contributed by atoms with E-state index in [1.807, 2.05) is 68.9 Å². The number of Topliss-reactive ketones (excluding diaryl/α,β-unsaturated/α-hetero) is 1. The number of ketones is 1. The van der Waals surface area contributed by atoms with E-state index in [4.69, 9.17) is 4.74 Å². The summed E-state index contributed by atoms with van der Waals surface area (Å²) in [4.78, 5) is 26.1. The number of ether oxygens (including phenoxy) is 1. The van der Waals surface area contributed by atoms with Gasteiger partial charge in [-0.2, -0.15) is 0 Å². The molecule has 4 rings (SSSR count). The van der Waals surface area contributed by atoms with Crippen molar-refractivity contribution in [1.29, 1.82) is 0 Å². The third-order valence-electron chi connectivity index (χ3n) is 5.02. The second-order valence-electron chi connectivity index (χ2n) is 7.60. The Morgan fingerprint density at radius 2 is 1.83 bits per heavy atom. The molecule has 0 N–H and O–H groups in total. The maximum Gasteiger partial charge on any atom is 0.170 e. The minimum absolute atomic E-state index is 0.0242. The number of aryl methyl sites for hydroxylation is 1. The molecule has 0 amide bonds. The number of rotatable bonds is 6. The Kier molecular flexibility index (Phi) is 5.31. The van der Waals surface area contributed by atoms with Gasteiger partial charge < -0.3 is 9.30 Å². The topological polar surface area (TPSA) is 69.9 Å². The molecule has 0 fully saturated rings. The van der Waals surface area contributed by atoms with E-state index in [0.29, 0.717) is 11.4 Å². The van der Waals surface area contributed by atoms with E-state index in [1.165, 1.54) is 0 Å². The molecule has 0 saturated carbocycles. The highest BCUT2D eigenvalue weighted by Crippen LogP contribution is 2.24. The summed E-state index contributed by atoms with van der Waals surface area (Å²) < 4.78 is 7.67. The Bertz CT molecular complexity index is 1210. The molecule has 2 aromatic heterocycles. The number of benzene rings is 2. The zero-order valence-electron chi connectivity index (χ0n) is 17.6. The monoisotopic (exact) mass is 400 g/mol. The molecule has 6 heteroatoms. The SMILES string of the molecule is Cc1ncc(-c2ccc3cnc(CC(=O)c4ccc(OC(C)C)cc4)nc3c2)n1C. The summed E-state index contributed by atoms with van der Waals surface area (Å²) in [6.07, 6.45) is 3.87. The van der Waals surface area contributed by atoms with Gasteiger partial charge >= 0.3 is 0 Å². The number of nitrogens with zero attached hydrogens (tertiary/aromatic N) is 4. The quantitative estimate of drug-likeness (QED) is 0.444. The molecule has 0 aliphatic heterocycles. The van der Waals surface area contributed by atoms with E-state index >= 15 is 0 Å². The lowest BCUT2D eigenvalue weighted by atomic mass is 10.1. The smallest absolute Gasteiger partial charge is 0.170 e. The van der Waals surface area contributed by atoms with Crippen LogP contribution in [0.4, 0.5) is 0 Å². The fraction of sp³-hybridized carbons (Fsp3) is 0.250. The Labute approximate surface area is 175 Å². The molecular formula is C24H24N4O2. The van der Waals surface area contributed by atoms with Gasteiger partial charge in [0.25, 0.3) is 0 Å². The van der Waals surface area contributed by atoms with Crippen LogP contribution in [0.5, 0.6) is 5.75 Å². The number of imidazole rings is 1. The van der Waals surface area contributed by atoms with Crippen molar-refractivity contribution >= 4 is 16.7 Å². The molecule has 30 heavy (non-hydrogen) atoms. The molecule has 0 aliphatic carbocycles. The molecule has 0 atom stereocenters. The standard InChI is InChI=1S/C24H24N4O2/c1-15(2)30-20-9-7-17(8-10-20)23(29)12-24-26-13-19-6-5-18(11-21(19)27-24)22-14-25-16(3)28(22)4/h5-11,13-15H,12H2,1-4H3. The second kappa shape index (κ2) is 8.06. The summed E-state index contributed by atoms with van der Waals surface area (Å²) >= 11 is 0. The molecule has 2 heterocycles. The summed E-state index contributed by atoms with van der Waals surface area (Å²) in [5.41, 5.74) is 3.48. The number of carbonyl (C=O) groups is 1. The average molecular weight is 400 g/mol. The van der Waals surface area contributed by atoms with E-state index in [-0.39, 0.29) is 18.3 Å². The normalized spacial score (nSPS) is 11.2. The largest absolute Gasteiger partial charge is 0.491 e. The lowest BCUT2D eigenvalue weighted by molar-refractivity contribution is 0.0991. The van der Waals surface area contributed by atoms with Crippen LogP contribution in [0, 0.1) is 6.92 Å². The maximum atomic E-state index is 12.7. The van der Waals surface area contributed by atoms with Gasteiger partial charge in [0.2, 0.25) is 0 Å². The minimum atomic E-state index is -0.0242. The first-order valence-electron chi connectivity index (χ1n) is 9.95. The van der Waals surface area contributed by atoms with Gasteiger partial charge in [-0.25, -0.2) is 15.0 Å². The predicted octanol–water partition coefficient (Wildman–Crippen LogP) is 4.55. The summed E-state index contributed by atoms with van der Waals surface area (Å²) in [6.45, 7) is 5.91. The van der Waals surface area contributed by atoms with Crippen molar-refractivity contribution in [3.63, 3.8) is 0 Å². The Morgan fingerprint density at radius 1 is 1.07 bits per heavy atom. The van der Waals surface area contributed by atoms with Crippen molar-refractivity contribution in [2.75, 3.05) is 0 Å². The lowest BCUT2D eigenvalue weighted by Crippen LogP contribution is -2.08. The molecule has 6 nitrogen and oxygen atoms in total. The molecule has 2 aromatic carbocycles. The molecule has 0 bridgehead atoms. The lowest BCUT2D eigenvalue weighted by Gasteiger charge is -2.10. The van der Waals surface area contributed by atoms with Crippen molar-refractivity contribution in [2.45, 2.75) is 33.3 Å². The summed E-state index contributed by atoms with van der Waals surface area (Å²) in [6, 6.07) is 13.2. The van der Waals surface area contributed by atoms with Crippen molar-refractivity contribution in [3.8, 4) is 17.0 Å². The molecule has 0 spiro atoms. The van der Waals surface area contributed by atoms with Crippen LogP contribution >= 0.6 is 0 Å². The highest BCUT2D eigenvalue weighted by Gasteiger charge is 2.12. The van der Waals surface area contributed by atoms with Crippen LogP contribution in [0.15, 0.2) is 54.9 Å². The Balaban J connectivity index is 1.57. The number of hydrogen-bond donors (Lipinski definition) is 0. The number of hydrogen-bond acceptors (Lipinski definition) is 5. The minimum Gasteiger partial charge on any atom is -0.491 e. The van der Waals surface area contributed by atoms with Crippen LogP contribution in [0.3, 0.4) is 0 Å². The summed E-state index contributed by atoms with van der Waals surface area (Å²) in [7, 11) is 1.99. The Hall–Kier alpha value is -3.54. The molecule has 0 aliphatic rings. The zero-order chi connectivity index (χ0) is 21.3. The molecule has 0 saturated heterocycles. The van der Waals surface area contributed by atoms with Gasteiger partial charge in [0.05, 0.1) is 29.9 Å². The number of aromatic nitrogens is 4. The third-order valence-corrected chi connectivity index (χ3v) is 5.02. The van der Waals surface area contributed by atoms with Crippen molar-refractivity contribution < 1.29 is 9.53 Å². The van der Waals surface area contributed by atoms with Crippen molar-refractivity contribution in [3.05, 3.63) is 72.1 Å². The van der Waals surface area contributed by atoms with Crippen LogP contribution in [0.2, 0.25) is 0 Å². The van der Waals surface area contributed by atoms with E-state index in [0.717, 1.165) is 33.7 Å². The van der Waals surface area contributed by atoms with Gasteiger partial charge in [-0.1, -0.05) is 12.1 Å². The van der Waals surface area contributed by atoms with Crippen molar-refractivity contribution in [1.82, 2.24) is 19.5 Å². The van der Waals surface area contributed by atoms with Gasteiger partial charge in [0.1, 0.15) is 17.4 Å². The van der Waals surface area contributed by atoms with Crippen LogP contribution in [-0.2, 0) is 13.5 Å². The van der Waals surface area contributed by atoms with E-state index in [1.54, 1.807) is 18.3 Å². The van der Waals surface area contributed by atoms with Crippen molar-refractivity contribution in [2.24, 2.45) is 7.05 Å². The third kappa shape index (κ3) is 4.08. The van der Waals surface area contributed by atoms with Crippen LogP contribution in [-0.4, -0.2) is 31.4 Å². The fourth-order valence-corrected chi connectivity index (χ4v) is 3.31.